The van der Waals surface area contributed by atoms with Crippen LogP contribution >= 0.6 is 11.6 Å². The third-order valence-electron chi connectivity index (χ3n) is 2.45. The second kappa shape index (κ2) is 6.25. The average molecular weight is 345 g/mol. The van der Waals surface area contributed by atoms with Gasteiger partial charge in [0.1, 0.15) is 4.90 Å². The van der Waals surface area contributed by atoms with E-state index in [4.69, 9.17) is 17.3 Å². The van der Waals surface area contributed by atoms with Gasteiger partial charge in [-0.05, 0) is 12.1 Å². The Bertz CT molecular complexity index is 704. The maximum atomic E-state index is 13.7. The van der Waals surface area contributed by atoms with Gasteiger partial charge in [0.2, 0.25) is 10.0 Å². The van der Waals surface area contributed by atoms with Crippen LogP contribution < -0.4 is 10.5 Å². The highest BCUT2D eigenvalue weighted by Crippen LogP contribution is 2.25. The molecule has 1 aromatic carbocycles. The molecule has 10 heteroatoms. The summed E-state index contributed by atoms with van der Waals surface area (Å²) >= 11 is 5.51. The number of nitrogens with two attached hydrogens (primary N) is 1. The maximum absolute atomic E-state index is 13.7. The van der Waals surface area contributed by atoms with Crippen molar-refractivity contribution in [3.63, 3.8) is 0 Å². The van der Waals surface area contributed by atoms with E-state index in [0.717, 1.165) is 12.1 Å². The fraction of sp³-hybridized carbons (Fsp3) is 0.400. The number of benzene rings is 1. The minimum Gasteiger partial charge on any atom is -0.399 e. The molecule has 0 heterocycles. The van der Waals surface area contributed by atoms with Crippen molar-refractivity contribution in [1.29, 1.82) is 0 Å². The summed E-state index contributed by atoms with van der Waals surface area (Å²) < 4.78 is 61.9. The van der Waals surface area contributed by atoms with E-state index in [0.29, 0.717) is 0 Å². The highest BCUT2D eigenvalue weighted by molar-refractivity contribution is 7.91. The standard InChI is InChI=1S/C10H14ClFN2O4S2/c1-2-19(15,16)4-3-14-20(17,18)9-6-7(13)5-8(11)10(9)12/h5-6,14H,2-4,13H2,1H3. The van der Waals surface area contributed by atoms with Crippen LogP contribution in [0.25, 0.3) is 0 Å². The van der Waals surface area contributed by atoms with Crippen molar-refractivity contribution in [3.05, 3.63) is 23.0 Å². The van der Waals surface area contributed by atoms with E-state index in [2.05, 4.69) is 0 Å². The van der Waals surface area contributed by atoms with Gasteiger partial charge in [-0.15, -0.1) is 0 Å². The van der Waals surface area contributed by atoms with Gasteiger partial charge in [0, 0.05) is 18.0 Å². The fourth-order valence-corrected chi connectivity index (χ4v) is 3.61. The lowest BCUT2D eigenvalue weighted by atomic mass is 10.3. The molecule has 0 aromatic heterocycles. The Morgan fingerprint density at radius 1 is 1.30 bits per heavy atom. The molecule has 0 saturated carbocycles. The van der Waals surface area contributed by atoms with Crippen LogP contribution in [0, 0.1) is 5.82 Å². The highest BCUT2D eigenvalue weighted by Gasteiger charge is 2.22. The topological polar surface area (TPSA) is 106 Å². The lowest BCUT2D eigenvalue weighted by molar-refractivity contribution is 0.558. The molecule has 114 valence electrons. The zero-order valence-electron chi connectivity index (χ0n) is 10.6. The summed E-state index contributed by atoms with van der Waals surface area (Å²) in [6.45, 7) is 1.09. The lowest BCUT2D eigenvalue weighted by Crippen LogP contribution is -2.30. The monoisotopic (exact) mass is 344 g/mol. The zero-order valence-corrected chi connectivity index (χ0v) is 12.9. The predicted molar refractivity (Wildman–Crippen MR) is 75.3 cm³/mol. The Balaban J connectivity index is 2.96. The summed E-state index contributed by atoms with van der Waals surface area (Å²) in [7, 11) is -7.54. The Kier molecular flexibility index (Phi) is 5.36. The number of nitrogen functional groups attached to an aromatic ring is 1. The fourth-order valence-electron chi connectivity index (χ4n) is 1.33. The molecule has 0 aliphatic heterocycles. The normalized spacial score (nSPS) is 12.6. The zero-order chi connectivity index (χ0) is 15.6. The minimum absolute atomic E-state index is 0.0158. The minimum atomic E-state index is -4.22. The van der Waals surface area contributed by atoms with Crippen molar-refractivity contribution in [2.75, 3.05) is 23.8 Å². The third-order valence-corrected chi connectivity index (χ3v) is 5.89. The molecule has 0 unspecified atom stereocenters. The van der Waals surface area contributed by atoms with Crippen molar-refractivity contribution < 1.29 is 21.2 Å². The first kappa shape index (κ1) is 17.2. The van der Waals surface area contributed by atoms with Gasteiger partial charge in [0.25, 0.3) is 0 Å². The van der Waals surface area contributed by atoms with E-state index >= 15 is 0 Å². The smallest absolute Gasteiger partial charge is 0.243 e. The van der Waals surface area contributed by atoms with Crippen molar-refractivity contribution >= 4 is 37.1 Å². The van der Waals surface area contributed by atoms with Crippen LogP contribution in [0.1, 0.15) is 6.92 Å². The molecule has 0 atom stereocenters. The Morgan fingerprint density at radius 2 is 1.90 bits per heavy atom. The summed E-state index contributed by atoms with van der Waals surface area (Å²) in [4.78, 5) is -0.712. The molecule has 3 N–H and O–H groups in total. The number of anilines is 1. The Hall–Kier alpha value is -0.900. The molecular formula is C10H14ClFN2O4S2. The lowest BCUT2D eigenvalue weighted by Gasteiger charge is -2.09. The van der Waals surface area contributed by atoms with Gasteiger partial charge in [-0.25, -0.2) is 25.9 Å². The predicted octanol–water partition coefficient (Wildman–Crippen LogP) is 0.774. The van der Waals surface area contributed by atoms with Gasteiger partial charge in [-0.2, -0.15) is 0 Å². The molecule has 0 radical (unpaired) electrons. The van der Waals surface area contributed by atoms with Crippen LogP contribution in [0.5, 0.6) is 0 Å². The molecule has 6 nitrogen and oxygen atoms in total. The van der Waals surface area contributed by atoms with Crippen LogP contribution in [-0.2, 0) is 19.9 Å². The Labute approximate surface area is 122 Å². The van der Waals surface area contributed by atoms with Crippen LogP contribution in [-0.4, -0.2) is 34.9 Å². The second-order valence-electron chi connectivity index (χ2n) is 3.95. The van der Waals surface area contributed by atoms with Crippen LogP contribution in [0.4, 0.5) is 10.1 Å². The first-order chi connectivity index (χ1) is 9.09. The number of sulfone groups is 1. The summed E-state index contributed by atoms with van der Waals surface area (Å²) in [6, 6.07) is 2.00. The van der Waals surface area contributed by atoms with Crippen molar-refractivity contribution in [2.24, 2.45) is 0 Å². The highest BCUT2D eigenvalue weighted by atomic mass is 35.5. The Morgan fingerprint density at radius 3 is 2.45 bits per heavy atom. The van der Waals surface area contributed by atoms with E-state index in [1.54, 1.807) is 0 Å². The molecule has 0 aliphatic rings. The number of sulfonamides is 1. The van der Waals surface area contributed by atoms with Gasteiger partial charge in [0.05, 0.1) is 10.8 Å². The number of nitrogens with one attached hydrogen (secondary N) is 1. The molecule has 0 fully saturated rings. The van der Waals surface area contributed by atoms with Crippen molar-refractivity contribution in [3.8, 4) is 0 Å². The molecule has 0 saturated heterocycles. The van der Waals surface area contributed by atoms with Crippen molar-refractivity contribution in [1.82, 2.24) is 4.72 Å². The molecule has 1 aromatic rings. The van der Waals surface area contributed by atoms with E-state index in [9.17, 15) is 21.2 Å². The summed E-state index contributed by atoms with van der Waals surface area (Å²) in [5, 5.41) is -0.424. The number of hydrogen-bond donors (Lipinski definition) is 2. The van der Waals surface area contributed by atoms with Crippen LogP contribution in [0.3, 0.4) is 0 Å². The molecular weight excluding hydrogens is 331 g/mol. The number of hydrogen-bond acceptors (Lipinski definition) is 5. The van der Waals surface area contributed by atoms with Crippen LogP contribution in [0.2, 0.25) is 5.02 Å². The number of halogens is 2. The van der Waals surface area contributed by atoms with E-state index in [1.165, 1.54) is 6.92 Å². The van der Waals surface area contributed by atoms with Gasteiger partial charge < -0.3 is 5.73 Å². The van der Waals surface area contributed by atoms with Crippen LogP contribution in [0.15, 0.2) is 17.0 Å². The molecule has 0 aliphatic carbocycles. The quantitative estimate of drug-likeness (QED) is 0.741. The molecule has 1 rings (SSSR count). The summed E-state index contributed by atoms with van der Waals surface area (Å²) in [5.41, 5.74) is 5.39. The van der Waals surface area contributed by atoms with E-state index < -0.39 is 35.6 Å². The van der Waals surface area contributed by atoms with Crippen molar-refractivity contribution in [2.45, 2.75) is 11.8 Å². The third kappa shape index (κ3) is 4.30. The average Bonchev–Trinajstić information content (AvgIpc) is 2.33. The molecule has 0 amide bonds. The maximum Gasteiger partial charge on any atom is 0.243 e. The van der Waals surface area contributed by atoms with Gasteiger partial charge in [-0.3, -0.25) is 0 Å². The van der Waals surface area contributed by atoms with Gasteiger partial charge in [0.15, 0.2) is 15.7 Å². The summed E-state index contributed by atoms with van der Waals surface area (Å²) in [5.74, 6) is -1.61. The largest absolute Gasteiger partial charge is 0.399 e. The molecule has 20 heavy (non-hydrogen) atoms. The number of rotatable bonds is 6. The van der Waals surface area contributed by atoms with Gasteiger partial charge >= 0.3 is 0 Å². The SMILES string of the molecule is CCS(=O)(=O)CCNS(=O)(=O)c1cc(N)cc(Cl)c1F. The van der Waals surface area contributed by atoms with Gasteiger partial charge in [-0.1, -0.05) is 18.5 Å². The first-order valence-corrected chi connectivity index (χ1v) is 9.22. The van der Waals surface area contributed by atoms with E-state index in [-0.39, 0.29) is 23.7 Å². The summed E-state index contributed by atoms with van der Waals surface area (Å²) in [6.07, 6.45) is 0. The first-order valence-electron chi connectivity index (χ1n) is 5.53. The second-order valence-corrected chi connectivity index (χ2v) is 8.56. The molecule has 0 spiro atoms. The molecule has 0 bridgehead atoms. The van der Waals surface area contributed by atoms with E-state index in [1.807, 2.05) is 4.72 Å².